The van der Waals surface area contributed by atoms with Crippen LogP contribution in [0.1, 0.15) is 34.5 Å². The SMILES string of the molecule is COc1ccccc1NC(=O)CN(Cc1ccco1)C(=O)c1ccc(CN2CCCC2=O)cc1. The number of carbonyl (C=O) groups is 3. The van der Waals surface area contributed by atoms with Gasteiger partial charge in [0.1, 0.15) is 18.1 Å². The first-order chi connectivity index (χ1) is 16.5. The topological polar surface area (TPSA) is 92.1 Å². The highest BCUT2D eigenvalue weighted by molar-refractivity contribution is 5.99. The second-order valence-corrected chi connectivity index (χ2v) is 8.10. The minimum atomic E-state index is -0.353. The number of carbonyl (C=O) groups excluding carboxylic acids is 3. The van der Waals surface area contributed by atoms with E-state index in [0.29, 0.717) is 35.7 Å². The molecule has 1 aromatic heterocycles. The number of benzene rings is 2. The molecule has 176 valence electrons. The quantitative estimate of drug-likeness (QED) is 0.525. The molecule has 8 heteroatoms. The zero-order valence-corrected chi connectivity index (χ0v) is 19.0. The zero-order valence-electron chi connectivity index (χ0n) is 19.0. The Morgan fingerprint density at radius 3 is 2.56 bits per heavy atom. The third-order valence-corrected chi connectivity index (χ3v) is 5.68. The first-order valence-electron chi connectivity index (χ1n) is 11.1. The molecule has 0 bridgehead atoms. The van der Waals surface area contributed by atoms with E-state index in [9.17, 15) is 14.4 Å². The monoisotopic (exact) mass is 461 g/mol. The van der Waals surface area contributed by atoms with Gasteiger partial charge in [0.2, 0.25) is 11.8 Å². The molecular weight excluding hydrogens is 434 g/mol. The van der Waals surface area contributed by atoms with Crippen molar-refractivity contribution in [3.05, 3.63) is 83.8 Å². The Kier molecular flexibility index (Phi) is 7.27. The van der Waals surface area contributed by atoms with Crippen LogP contribution in [0.25, 0.3) is 0 Å². The number of nitrogens with zero attached hydrogens (tertiary/aromatic N) is 2. The van der Waals surface area contributed by atoms with Gasteiger partial charge in [-0.15, -0.1) is 0 Å². The molecule has 1 fully saturated rings. The molecule has 4 rings (SSSR count). The molecule has 3 amide bonds. The van der Waals surface area contributed by atoms with Crippen LogP contribution in [0.2, 0.25) is 0 Å². The van der Waals surface area contributed by atoms with Gasteiger partial charge in [-0.05, 0) is 48.4 Å². The molecule has 0 spiro atoms. The van der Waals surface area contributed by atoms with Crippen molar-refractivity contribution in [2.45, 2.75) is 25.9 Å². The number of likely N-dealkylation sites (tertiary alicyclic amines) is 1. The number of ether oxygens (including phenoxy) is 1. The van der Waals surface area contributed by atoms with E-state index in [1.165, 1.54) is 18.3 Å². The van der Waals surface area contributed by atoms with Crippen molar-refractivity contribution in [3.8, 4) is 5.75 Å². The molecular formula is C26H27N3O5. The molecule has 3 aromatic rings. The van der Waals surface area contributed by atoms with Crippen LogP contribution in [0.5, 0.6) is 5.75 Å². The van der Waals surface area contributed by atoms with Crippen molar-refractivity contribution in [2.75, 3.05) is 25.5 Å². The van der Waals surface area contributed by atoms with E-state index in [0.717, 1.165) is 18.5 Å². The molecule has 2 aromatic carbocycles. The van der Waals surface area contributed by atoms with Crippen LogP contribution in [-0.2, 0) is 22.7 Å². The first kappa shape index (κ1) is 23.1. The van der Waals surface area contributed by atoms with Gasteiger partial charge in [0, 0.05) is 25.1 Å². The molecule has 8 nitrogen and oxygen atoms in total. The van der Waals surface area contributed by atoms with Gasteiger partial charge in [0.05, 0.1) is 25.6 Å². The molecule has 1 saturated heterocycles. The number of methoxy groups -OCH3 is 1. The third kappa shape index (κ3) is 5.64. The van der Waals surface area contributed by atoms with Gasteiger partial charge in [-0.2, -0.15) is 0 Å². The third-order valence-electron chi connectivity index (χ3n) is 5.68. The van der Waals surface area contributed by atoms with Crippen molar-refractivity contribution in [1.82, 2.24) is 9.80 Å². The Hall–Kier alpha value is -4.07. The molecule has 0 atom stereocenters. The fourth-order valence-corrected chi connectivity index (χ4v) is 3.93. The van der Waals surface area contributed by atoms with Gasteiger partial charge in [-0.3, -0.25) is 14.4 Å². The average molecular weight is 462 g/mol. The molecule has 34 heavy (non-hydrogen) atoms. The summed E-state index contributed by atoms with van der Waals surface area (Å²) in [6, 6.07) is 17.7. The highest BCUT2D eigenvalue weighted by Gasteiger charge is 2.22. The largest absolute Gasteiger partial charge is 0.495 e. The van der Waals surface area contributed by atoms with Crippen molar-refractivity contribution >= 4 is 23.4 Å². The molecule has 0 saturated carbocycles. The number of hydrogen-bond donors (Lipinski definition) is 1. The Labute approximate surface area is 198 Å². The Bertz CT molecular complexity index is 1140. The zero-order chi connectivity index (χ0) is 23.9. The van der Waals surface area contributed by atoms with Crippen LogP contribution in [0.4, 0.5) is 5.69 Å². The van der Waals surface area contributed by atoms with E-state index < -0.39 is 0 Å². The number of nitrogens with one attached hydrogen (secondary N) is 1. The van der Waals surface area contributed by atoms with Crippen molar-refractivity contribution in [2.24, 2.45) is 0 Å². The summed E-state index contributed by atoms with van der Waals surface area (Å²) in [5, 5.41) is 2.81. The van der Waals surface area contributed by atoms with Crippen LogP contribution < -0.4 is 10.1 Å². The lowest BCUT2D eigenvalue weighted by molar-refractivity contribution is -0.128. The van der Waals surface area contributed by atoms with E-state index >= 15 is 0 Å². The molecule has 1 aliphatic rings. The molecule has 0 aliphatic carbocycles. The minimum Gasteiger partial charge on any atom is -0.495 e. The summed E-state index contributed by atoms with van der Waals surface area (Å²) >= 11 is 0. The summed E-state index contributed by atoms with van der Waals surface area (Å²) in [5.74, 6) is 0.615. The second-order valence-electron chi connectivity index (χ2n) is 8.10. The predicted octanol–water partition coefficient (Wildman–Crippen LogP) is 3.69. The van der Waals surface area contributed by atoms with Crippen LogP contribution in [0.3, 0.4) is 0 Å². The Morgan fingerprint density at radius 1 is 1.09 bits per heavy atom. The lowest BCUT2D eigenvalue weighted by Gasteiger charge is -2.22. The van der Waals surface area contributed by atoms with Crippen LogP contribution in [0.15, 0.2) is 71.3 Å². The lowest BCUT2D eigenvalue weighted by Crippen LogP contribution is -2.37. The maximum absolute atomic E-state index is 13.3. The highest BCUT2D eigenvalue weighted by Crippen LogP contribution is 2.23. The van der Waals surface area contributed by atoms with E-state index in [1.54, 1.807) is 42.5 Å². The van der Waals surface area contributed by atoms with E-state index in [-0.39, 0.29) is 30.8 Å². The van der Waals surface area contributed by atoms with Gasteiger partial charge < -0.3 is 24.3 Å². The normalized spacial score (nSPS) is 13.1. The predicted molar refractivity (Wildman–Crippen MR) is 126 cm³/mol. The summed E-state index contributed by atoms with van der Waals surface area (Å²) in [6.45, 7) is 1.28. The Morgan fingerprint density at radius 2 is 1.88 bits per heavy atom. The molecule has 0 radical (unpaired) electrons. The van der Waals surface area contributed by atoms with E-state index in [2.05, 4.69) is 5.32 Å². The smallest absolute Gasteiger partial charge is 0.254 e. The second kappa shape index (κ2) is 10.7. The number of anilines is 1. The van der Waals surface area contributed by atoms with Gasteiger partial charge in [-0.1, -0.05) is 24.3 Å². The lowest BCUT2D eigenvalue weighted by atomic mass is 10.1. The van der Waals surface area contributed by atoms with Crippen molar-refractivity contribution < 1.29 is 23.5 Å². The number of rotatable bonds is 9. The first-order valence-corrected chi connectivity index (χ1v) is 11.1. The van der Waals surface area contributed by atoms with Crippen molar-refractivity contribution in [1.29, 1.82) is 0 Å². The maximum atomic E-state index is 13.3. The molecule has 0 unspecified atom stereocenters. The number of amides is 3. The van der Waals surface area contributed by atoms with Crippen LogP contribution in [0, 0.1) is 0 Å². The summed E-state index contributed by atoms with van der Waals surface area (Å²) in [6.07, 6.45) is 3.00. The van der Waals surface area contributed by atoms with Crippen LogP contribution in [-0.4, -0.2) is 47.7 Å². The molecule has 2 heterocycles. The van der Waals surface area contributed by atoms with E-state index in [1.807, 2.05) is 23.1 Å². The maximum Gasteiger partial charge on any atom is 0.254 e. The standard InChI is InChI=1S/C26H27N3O5/c1-33-23-8-3-2-7-22(23)27-24(30)18-29(17-21-6-5-15-34-21)26(32)20-12-10-19(11-13-20)16-28-14-4-9-25(28)31/h2-3,5-8,10-13,15H,4,9,14,16-18H2,1H3,(H,27,30). The Balaban J connectivity index is 1.46. The summed E-state index contributed by atoms with van der Waals surface area (Å²) in [5.41, 5.74) is 1.94. The summed E-state index contributed by atoms with van der Waals surface area (Å²) < 4.78 is 10.7. The van der Waals surface area contributed by atoms with Crippen molar-refractivity contribution in [3.63, 3.8) is 0 Å². The number of para-hydroxylation sites is 2. The summed E-state index contributed by atoms with van der Waals surface area (Å²) in [7, 11) is 1.53. The van der Waals surface area contributed by atoms with Gasteiger partial charge in [-0.25, -0.2) is 0 Å². The number of furan rings is 1. The fraction of sp³-hybridized carbons (Fsp3) is 0.269. The number of hydrogen-bond acceptors (Lipinski definition) is 5. The molecule has 1 aliphatic heterocycles. The molecule has 1 N–H and O–H groups in total. The van der Waals surface area contributed by atoms with Gasteiger partial charge >= 0.3 is 0 Å². The van der Waals surface area contributed by atoms with Crippen LogP contribution >= 0.6 is 0 Å². The van der Waals surface area contributed by atoms with Gasteiger partial charge in [0.25, 0.3) is 5.91 Å². The van der Waals surface area contributed by atoms with Gasteiger partial charge in [0.15, 0.2) is 0 Å². The minimum absolute atomic E-state index is 0.148. The fourth-order valence-electron chi connectivity index (χ4n) is 3.93. The highest BCUT2D eigenvalue weighted by atomic mass is 16.5. The average Bonchev–Trinajstić information content (AvgIpc) is 3.51. The van der Waals surface area contributed by atoms with E-state index in [4.69, 9.17) is 9.15 Å². The summed E-state index contributed by atoms with van der Waals surface area (Å²) in [4.78, 5) is 41.2.